The summed E-state index contributed by atoms with van der Waals surface area (Å²) in [7, 11) is 1.34. The van der Waals surface area contributed by atoms with Crippen LogP contribution in [0.25, 0.3) is 11.1 Å². The number of methoxy groups -OCH3 is 1. The molecule has 3 rings (SSSR count). The smallest absolute Gasteiger partial charge is 0.358 e. The Morgan fingerprint density at radius 1 is 1.21 bits per heavy atom. The molecule has 148 valence electrons. The lowest BCUT2D eigenvalue weighted by Gasteiger charge is -2.12. The molecule has 6 heteroatoms. The van der Waals surface area contributed by atoms with Gasteiger partial charge in [-0.15, -0.1) is 0 Å². The molecule has 2 aromatic carbocycles. The first kappa shape index (κ1) is 20.2. The second kappa shape index (κ2) is 9.07. The fraction of sp³-hybridized carbons (Fsp3) is 0.261. The Bertz CT molecular complexity index is 1050. The van der Waals surface area contributed by atoms with E-state index in [9.17, 15) is 10.1 Å². The summed E-state index contributed by atoms with van der Waals surface area (Å²) in [5, 5.41) is 9.32. The van der Waals surface area contributed by atoms with Crippen molar-refractivity contribution < 1.29 is 9.53 Å². The molecule has 0 radical (unpaired) electrons. The van der Waals surface area contributed by atoms with Crippen LogP contribution < -0.4 is 5.73 Å². The SMILES string of the molecule is CCCCc1nc(N)c(C(=O)OC)n1Cc1ccc(-c2ccccc2C#N)cc1. The van der Waals surface area contributed by atoms with Crippen LogP contribution in [-0.2, 0) is 17.7 Å². The van der Waals surface area contributed by atoms with E-state index in [1.807, 2.05) is 47.0 Å². The maximum atomic E-state index is 12.2. The molecule has 0 bridgehead atoms. The first-order chi connectivity index (χ1) is 14.1. The fourth-order valence-electron chi connectivity index (χ4n) is 3.33. The number of nitrogens with two attached hydrogens (primary N) is 1. The number of aryl methyl sites for hydroxylation is 1. The summed E-state index contributed by atoms with van der Waals surface area (Å²) in [4.78, 5) is 16.7. The van der Waals surface area contributed by atoms with E-state index in [4.69, 9.17) is 10.5 Å². The highest BCUT2D eigenvalue weighted by atomic mass is 16.5. The monoisotopic (exact) mass is 388 g/mol. The minimum absolute atomic E-state index is 0.197. The van der Waals surface area contributed by atoms with Crippen molar-refractivity contribution in [3.8, 4) is 17.2 Å². The number of benzene rings is 2. The third-order valence-corrected chi connectivity index (χ3v) is 4.86. The Morgan fingerprint density at radius 3 is 2.59 bits per heavy atom. The van der Waals surface area contributed by atoms with E-state index >= 15 is 0 Å². The average Bonchev–Trinajstić information content (AvgIpc) is 3.06. The van der Waals surface area contributed by atoms with Crippen molar-refractivity contribution in [1.82, 2.24) is 9.55 Å². The molecule has 0 aliphatic carbocycles. The van der Waals surface area contributed by atoms with Crippen molar-refractivity contribution in [2.24, 2.45) is 0 Å². The molecule has 29 heavy (non-hydrogen) atoms. The standard InChI is InChI=1S/C23H24N4O2/c1-3-4-9-20-26-22(25)21(23(28)29-2)27(20)15-16-10-12-17(13-11-16)19-8-6-5-7-18(19)14-24/h5-8,10-13H,3-4,9,15,25H2,1-2H3. The Hall–Kier alpha value is -3.59. The molecule has 0 amide bonds. The highest BCUT2D eigenvalue weighted by molar-refractivity contribution is 5.92. The summed E-state index contributed by atoms with van der Waals surface area (Å²) >= 11 is 0. The average molecular weight is 388 g/mol. The molecule has 0 spiro atoms. The molecule has 6 nitrogen and oxygen atoms in total. The van der Waals surface area contributed by atoms with Gasteiger partial charge in [0.25, 0.3) is 0 Å². The van der Waals surface area contributed by atoms with Gasteiger partial charge >= 0.3 is 5.97 Å². The highest BCUT2D eigenvalue weighted by Gasteiger charge is 2.22. The summed E-state index contributed by atoms with van der Waals surface area (Å²) in [6.45, 7) is 2.57. The Labute approximate surface area is 170 Å². The minimum Gasteiger partial charge on any atom is -0.464 e. The first-order valence-electron chi connectivity index (χ1n) is 9.60. The summed E-state index contributed by atoms with van der Waals surface area (Å²) in [6, 6.07) is 17.7. The molecule has 0 aliphatic heterocycles. The van der Waals surface area contributed by atoms with Gasteiger partial charge in [0.15, 0.2) is 11.5 Å². The van der Waals surface area contributed by atoms with Crippen molar-refractivity contribution in [3.63, 3.8) is 0 Å². The molecular weight excluding hydrogens is 364 g/mol. The number of carbonyl (C=O) groups excluding carboxylic acids is 1. The number of esters is 1. The van der Waals surface area contributed by atoms with Gasteiger partial charge < -0.3 is 15.0 Å². The van der Waals surface area contributed by atoms with Gasteiger partial charge in [0.05, 0.1) is 18.7 Å². The number of nitrogens with zero attached hydrogens (tertiary/aromatic N) is 3. The van der Waals surface area contributed by atoms with Gasteiger partial charge in [-0.2, -0.15) is 5.26 Å². The summed E-state index contributed by atoms with van der Waals surface area (Å²) < 4.78 is 6.75. The lowest BCUT2D eigenvalue weighted by atomic mass is 9.99. The van der Waals surface area contributed by atoms with Crippen LogP contribution in [0.4, 0.5) is 5.82 Å². The number of nitrogen functional groups attached to an aromatic ring is 1. The molecule has 0 fully saturated rings. The molecular formula is C23H24N4O2. The van der Waals surface area contributed by atoms with Gasteiger partial charge in [-0.3, -0.25) is 0 Å². The first-order valence-corrected chi connectivity index (χ1v) is 9.60. The number of rotatable bonds is 7. The molecule has 2 N–H and O–H groups in total. The molecule has 0 saturated heterocycles. The van der Waals surface area contributed by atoms with E-state index in [1.165, 1.54) is 7.11 Å². The van der Waals surface area contributed by atoms with Crippen LogP contribution in [0.1, 0.15) is 47.2 Å². The van der Waals surface area contributed by atoms with Gasteiger partial charge in [0.2, 0.25) is 0 Å². The van der Waals surface area contributed by atoms with Crippen LogP contribution in [0.5, 0.6) is 0 Å². The van der Waals surface area contributed by atoms with E-state index in [2.05, 4.69) is 18.0 Å². The summed E-state index contributed by atoms with van der Waals surface area (Å²) in [5.74, 6) is 0.489. The number of anilines is 1. The highest BCUT2D eigenvalue weighted by Crippen LogP contribution is 2.25. The number of carbonyl (C=O) groups is 1. The van der Waals surface area contributed by atoms with Gasteiger partial charge in [-0.05, 0) is 29.2 Å². The number of ether oxygens (including phenoxy) is 1. The van der Waals surface area contributed by atoms with Crippen LogP contribution in [0.2, 0.25) is 0 Å². The predicted octanol–water partition coefficient (Wildman–Crippen LogP) is 4.18. The van der Waals surface area contributed by atoms with Gasteiger partial charge in [0, 0.05) is 13.0 Å². The third-order valence-electron chi connectivity index (χ3n) is 4.86. The summed E-state index contributed by atoms with van der Waals surface area (Å²) in [6.07, 6.45) is 2.72. The topological polar surface area (TPSA) is 93.9 Å². The molecule has 1 aromatic heterocycles. The predicted molar refractivity (Wildman–Crippen MR) is 112 cm³/mol. The van der Waals surface area contributed by atoms with Gasteiger partial charge in [-0.1, -0.05) is 55.8 Å². The van der Waals surface area contributed by atoms with Crippen molar-refractivity contribution in [3.05, 3.63) is 71.2 Å². The molecule has 3 aromatic rings. The van der Waals surface area contributed by atoms with Gasteiger partial charge in [-0.25, -0.2) is 9.78 Å². The van der Waals surface area contributed by atoms with Crippen molar-refractivity contribution in [1.29, 1.82) is 5.26 Å². The Morgan fingerprint density at radius 2 is 1.93 bits per heavy atom. The van der Waals surface area contributed by atoms with E-state index in [-0.39, 0.29) is 11.5 Å². The summed E-state index contributed by atoms with van der Waals surface area (Å²) in [5.41, 5.74) is 9.81. The number of imidazole rings is 1. The lowest BCUT2D eigenvalue weighted by molar-refractivity contribution is 0.0590. The third kappa shape index (κ3) is 4.30. The van der Waals surface area contributed by atoms with E-state index < -0.39 is 5.97 Å². The normalized spacial score (nSPS) is 10.5. The van der Waals surface area contributed by atoms with Crippen molar-refractivity contribution in [2.75, 3.05) is 12.8 Å². The minimum atomic E-state index is -0.489. The van der Waals surface area contributed by atoms with E-state index in [0.717, 1.165) is 41.8 Å². The number of aromatic nitrogens is 2. The second-order valence-electron chi connectivity index (χ2n) is 6.80. The number of hydrogen-bond acceptors (Lipinski definition) is 5. The Balaban J connectivity index is 1.93. The molecule has 0 atom stereocenters. The Kier molecular flexibility index (Phi) is 6.30. The van der Waals surface area contributed by atoms with Crippen LogP contribution in [0.15, 0.2) is 48.5 Å². The zero-order valence-corrected chi connectivity index (χ0v) is 16.7. The molecule has 0 unspecified atom stereocenters. The van der Waals surface area contributed by atoms with Gasteiger partial charge in [0.1, 0.15) is 5.82 Å². The van der Waals surface area contributed by atoms with Crippen LogP contribution in [0.3, 0.4) is 0 Å². The van der Waals surface area contributed by atoms with Crippen LogP contribution >= 0.6 is 0 Å². The van der Waals surface area contributed by atoms with E-state index in [1.54, 1.807) is 6.07 Å². The molecule has 1 heterocycles. The zero-order valence-electron chi connectivity index (χ0n) is 16.7. The lowest BCUT2D eigenvalue weighted by Crippen LogP contribution is -2.15. The van der Waals surface area contributed by atoms with E-state index in [0.29, 0.717) is 12.1 Å². The molecule has 0 saturated carbocycles. The number of nitriles is 1. The van der Waals surface area contributed by atoms with Crippen molar-refractivity contribution >= 4 is 11.8 Å². The van der Waals surface area contributed by atoms with Crippen LogP contribution in [-0.4, -0.2) is 22.6 Å². The van der Waals surface area contributed by atoms with Crippen LogP contribution in [0, 0.1) is 11.3 Å². The largest absolute Gasteiger partial charge is 0.464 e. The maximum absolute atomic E-state index is 12.2. The zero-order chi connectivity index (χ0) is 20.8. The second-order valence-corrected chi connectivity index (χ2v) is 6.80. The molecule has 0 aliphatic rings. The quantitative estimate of drug-likeness (QED) is 0.613. The fourth-order valence-corrected chi connectivity index (χ4v) is 3.33. The van der Waals surface area contributed by atoms with Crippen molar-refractivity contribution in [2.45, 2.75) is 32.7 Å². The number of unbranched alkanes of at least 4 members (excludes halogenated alkanes) is 1. The maximum Gasteiger partial charge on any atom is 0.358 e. The number of hydrogen-bond donors (Lipinski definition) is 1.